The van der Waals surface area contributed by atoms with E-state index in [0.29, 0.717) is 12.7 Å². The van der Waals surface area contributed by atoms with Crippen molar-refractivity contribution >= 4 is 0 Å². The summed E-state index contributed by atoms with van der Waals surface area (Å²) in [5.41, 5.74) is 1.21. The molecule has 1 N–H and O–H groups in total. The maximum absolute atomic E-state index is 9.26. The molecule has 1 heterocycles. The molecule has 0 radical (unpaired) electrons. The third kappa shape index (κ3) is 2.47. The van der Waals surface area contributed by atoms with Crippen LogP contribution in [0, 0.1) is 5.92 Å². The summed E-state index contributed by atoms with van der Waals surface area (Å²) in [6.45, 7) is 2.71. The van der Waals surface area contributed by atoms with E-state index in [-0.39, 0.29) is 6.61 Å². The number of ether oxygens (including phenoxy) is 2. The van der Waals surface area contributed by atoms with Crippen molar-refractivity contribution in [2.45, 2.75) is 26.2 Å². The largest absolute Gasteiger partial charge is 0.454 e. The van der Waals surface area contributed by atoms with Gasteiger partial charge in [0.05, 0.1) is 0 Å². The lowest BCUT2D eigenvalue weighted by molar-refractivity contribution is 0.174. The summed E-state index contributed by atoms with van der Waals surface area (Å²) in [5, 5.41) is 9.26. The van der Waals surface area contributed by atoms with Crippen LogP contribution in [0.4, 0.5) is 0 Å². The molecule has 0 spiro atoms. The van der Waals surface area contributed by atoms with Crippen LogP contribution in [0.2, 0.25) is 0 Å². The molecule has 16 heavy (non-hydrogen) atoms. The quantitative estimate of drug-likeness (QED) is 0.831. The summed E-state index contributed by atoms with van der Waals surface area (Å²) in [6, 6.07) is 6.00. The SMILES string of the molecule is CCCC(CO)Cc1ccc2c(c1)OCO2. The fourth-order valence-corrected chi connectivity index (χ4v) is 2.07. The number of aliphatic hydroxyl groups excluding tert-OH is 1. The third-order valence-corrected chi connectivity index (χ3v) is 2.92. The normalized spacial score (nSPS) is 15.1. The van der Waals surface area contributed by atoms with Crippen molar-refractivity contribution in [3.05, 3.63) is 23.8 Å². The summed E-state index contributed by atoms with van der Waals surface area (Å²) in [4.78, 5) is 0. The average molecular weight is 222 g/mol. The van der Waals surface area contributed by atoms with Gasteiger partial charge in [-0.15, -0.1) is 0 Å². The highest BCUT2D eigenvalue weighted by Gasteiger charge is 2.15. The molecule has 0 bridgehead atoms. The second-order valence-electron chi connectivity index (χ2n) is 4.23. The van der Waals surface area contributed by atoms with E-state index in [2.05, 4.69) is 6.92 Å². The maximum atomic E-state index is 9.26. The zero-order chi connectivity index (χ0) is 11.4. The lowest BCUT2D eigenvalue weighted by atomic mass is 9.96. The first kappa shape index (κ1) is 11.3. The molecule has 0 fully saturated rings. The number of aliphatic hydroxyl groups is 1. The Labute approximate surface area is 96.0 Å². The van der Waals surface area contributed by atoms with E-state index in [4.69, 9.17) is 9.47 Å². The monoisotopic (exact) mass is 222 g/mol. The Morgan fingerprint density at radius 2 is 2.12 bits per heavy atom. The van der Waals surface area contributed by atoms with Crippen molar-refractivity contribution in [1.29, 1.82) is 0 Å². The highest BCUT2D eigenvalue weighted by molar-refractivity contribution is 5.44. The molecule has 1 atom stereocenters. The summed E-state index contributed by atoms with van der Waals surface area (Å²) in [6.07, 6.45) is 3.07. The van der Waals surface area contributed by atoms with Crippen molar-refractivity contribution in [3.63, 3.8) is 0 Å². The minimum Gasteiger partial charge on any atom is -0.454 e. The van der Waals surface area contributed by atoms with E-state index in [1.54, 1.807) is 0 Å². The smallest absolute Gasteiger partial charge is 0.231 e. The molecule has 1 aliphatic heterocycles. The van der Waals surface area contributed by atoms with Gasteiger partial charge in [0.2, 0.25) is 6.79 Å². The molecule has 0 amide bonds. The summed E-state index contributed by atoms with van der Waals surface area (Å²) in [7, 11) is 0. The molecular weight excluding hydrogens is 204 g/mol. The zero-order valence-corrected chi connectivity index (χ0v) is 9.61. The zero-order valence-electron chi connectivity index (χ0n) is 9.61. The summed E-state index contributed by atoms with van der Waals surface area (Å²) < 4.78 is 10.6. The molecule has 0 saturated heterocycles. The van der Waals surface area contributed by atoms with Crippen LogP contribution in [0.25, 0.3) is 0 Å². The Morgan fingerprint density at radius 3 is 2.88 bits per heavy atom. The van der Waals surface area contributed by atoms with Gasteiger partial charge in [0.15, 0.2) is 11.5 Å². The van der Waals surface area contributed by atoms with Crippen LogP contribution in [0.1, 0.15) is 25.3 Å². The van der Waals surface area contributed by atoms with Crippen LogP contribution in [-0.4, -0.2) is 18.5 Å². The standard InChI is InChI=1S/C13H18O3/c1-2-3-11(8-14)6-10-4-5-12-13(7-10)16-9-15-12/h4-5,7,11,14H,2-3,6,8-9H2,1H3. The molecule has 1 aromatic carbocycles. The molecule has 2 rings (SSSR count). The lowest BCUT2D eigenvalue weighted by Crippen LogP contribution is -2.09. The summed E-state index contributed by atoms with van der Waals surface area (Å²) >= 11 is 0. The fraction of sp³-hybridized carbons (Fsp3) is 0.538. The minimum absolute atomic E-state index is 0.252. The number of fused-ring (bicyclic) bond motifs is 1. The van der Waals surface area contributed by atoms with Gasteiger partial charge in [0.25, 0.3) is 0 Å². The van der Waals surface area contributed by atoms with Crippen LogP contribution < -0.4 is 9.47 Å². The van der Waals surface area contributed by atoms with Crippen molar-refractivity contribution in [1.82, 2.24) is 0 Å². The average Bonchev–Trinajstić information content (AvgIpc) is 2.75. The van der Waals surface area contributed by atoms with Crippen LogP contribution in [0.5, 0.6) is 11.5 Å². The number of rotatable bonds is 5. The van der Waals surface area contributed by atoms with Crippen molar-refractivity contribution in [2.24, 2.45) is 5.92 Å². The van der Waals surface area contributed by atoms with E-state index in [9.17, 15) is 5.11 Å². The Morgan fingerprint density at radius 1 is 1.31 bits per heavy atom. The topological polar surface area (TPSA) is 38.7 Å². The first-order valence-corrected chi connectivity index (χ1v) is 5.83. The molecule has 0 saturated carbocycles. The molecule has 0 aromatic heterocycles. The molecule has 3 heteroatoms. The van der Waals surface area contributed by atoms with Gasteiger partial charge < -0.3 is 14.6 Å². The van der Waals surface area contributed by atoms with Gasteiger partial charge in [-0.3, -0.25) is 0 Å². The van der Waals surface area contributed by atoms with E-state index < -0.39 is 0 Å². The van der Waals surface area contributed by atoms with Crippen molar-refractivity contribution in [3.8, 4) is 11.5 Å². The van der Waals surface area contributed by atoms with Gasteiger partial charge in [-0.2, -0.15) is 0 Å². The van der Waals surface area contributed by atoms with Crippen LogP contribution >= 0.6 is 0 Å². The van der Waals surface area contributed by atoms with Gasteiger partial charge in [0, 0.05) is 6.61 Å². The predicted molar refractivity (Wildman–Crippen MR) is 61.8 cm³/mol. The van der Waals surface area contributed by atoms with Gasteiger partial charge in [-0.1, -0.05) is 19.4 Å². The molecule has 1 aromatic rings. The Bertz CT molecular complexity index is 349. The van der Waals surface area contributed by atoms with E-state index in [0.717, 1.165) is 30.8 Å². The first-order chi connectivity index (χ1) is 7.83. The molecule has 1 unspecified atom stereocenters. The van der Waals surface area contributed by atoms with Gasteiger partial charge in [-0.05, 0) is 36.5 Å². The predicted octanol–water partition coefficient (Wildman–Crippen LogP) is 2.37. The number of hydrogen-bond acceptors (Lipinski definition) is 3. The minimum atomic E-state index is 0.252. The van der Waals surface area contributed by atoms with Crippen molar-refractivity contribution in [2.75, 3.05) is 13.4 Å². The lowest BCUT2D eigenvalue weighted by Gasteiger charge is -2.13. The second-order valence-corrected chi connectivity index (χ2v) is 4.23. The van der Waals surface area contributed by atoms with Gasteiger partial charge in [0.1, 0.15) is 0 Å². The van der Waals surface area contributed by atoms with Crippen molar-refractivity contribution < 1.29 is 14.6 Å². The van der Waals surface area contributed by atoms with Crippen LogP contribution in [0.3, 0.4) is 0 Å². The Hall–Kier alpha value is -1.22. The number of benzene rings is 1. The molecule has 1 aliphatic rings. The van der Waals surface area contributed by atoms with Gasteiger partial charge >= 0.3 is 0 Å². The first-order valence-electron chi connectivity index (χ1n) is 5.83. The molecule has 0 aliphatic carbocycles. The fourth-order valence-electron chi connectivity index (χ4n) is 2.07. The Kier molecular flexibility index (Phi) is 3.67. The highest BCUT2D eigenvalue weighted by atomic mass is 16.7. The van der Waals surface area contributed by atoms with Gasteiger partial charge in [-0.25, -0.2) is 0 Å². The third-order valence-electron chi connectivity index (χ3n) is 2.92. The molecular formula is C13H18O3. The maximum Gasteiger partial charge on any atom is 0.231 e. The second kappa shape index (κ2) is 5.21. The van der Waals surface area contributed by atoms with E-state index in [1.165, 1.54) is 5.56 Å². The van der Waals surface area contributed by atoms with E-state index >= 15 is 0 Å². The highest BCUT2D eigenvalue weighted by Crippen LogP contribution is 2.33. The van der Waals surface area contributed by atoms with Crippen LogP contribution in [0.15, 0.2) is 18.2 Å². The van der Waals surface area contributed by atoms with Crippen LogP contribution in [-0.2, 0) is 6.42 Å². The van der Waals surface area contributed by atoms with E-state index in [1.807, 2.05) is 18.2 Å². The number of hydrogen-bond donors (Lipinski definition) is 1. The molecule has 3 nitrogen and oxygen atoms in total. The Balaban J connectivity index is 2.04. The summed E-state index contributed by atoms with van der Waals surface area (Å²) in [5.74, 6) is 2.00. The molecule has 88 valence electrons.